The van der Waals surface area contributed by atoms with Crippen molar-refractivity contribution in [1.29, 1.82) is 0 Å². The summed E-state index contributed by atoms with van der Waals surface area (Å²) in [7, 11) is 0. The summed E-state index contributed by atoms with van der Waals surface area (Å²) in [6, 6.07) is 8.28. The molecule has 106 valence electrons. The highest BCUT2D eigenvalue weighted by molar-refractivity contribution is 9.10. The fraction of sp³-hybridized carbons (Fsp3) is 0.467. The SMILES string of the molecule is O=C1CCC(N2CC(c3cccc(Br)c3)NC2=O)CC1. The lowest BCUT2D eigenvalue weighted by Gasteiger charge is -2.29. The predicted molar refractivity (Wildman–Crippen MR) is 79.4 cm³/mol. The Morgan fingerprint density at radius 1 is 1.20 bits per heavy atom. The van der Waals surface area contributed by atoms with Crippen molar-refractivity contribution < 1.29 is 9.59 Å². The van der Waals surface area contributed by atoms with Gasteiger partial charge in [-0.05, 0) is 30.5 Å². The third-order valence-corrected chi connectivity index (χ3v) is 4.64. The second-order valence-corrected chi connectivity index (χ2v) is 6.39. The van der Waals surface area contributed by atoms with Gasteiger partial charge in [-0.1, -0.05) is 28.1 Å². The lowest BCUT2D eigenvalue weighted by molar-refractivity contribution is -0.121. The van der Waals surface area contributed by atoms with Gasteiger partial charge in [0.15, 0.2) is 0 Å². The van der Waals surface area contributed by atoms with Crippen LogP contribution in [0.4, 0.5) is 4.79 Å². The van der Waals surface area contributed by atoms with Crippen LogP contribution in [-0.2, 0) is 4.79 Å². The highest BCUT2D eigenvalue weighted by atomic mass is 79.9. The molecule has 5 heteroatoms. The van der Waals surface area contributed by atoms with Gasteiger partial charge in [0.05, 0.1) is 6.04 Å². The average molecular weight is 337 g/mol. The number of hydrogen-bond donors (Lipinski definition) is 1. The molecule has 1 aromatic rings. The van der Waals surface area contributed by atoms with Crippen LogP contribution in [0.1, 0.15) is 37.3 Å². The molecule has 2 aliphatic rings. The standard InChI is InChI=1S/C15H17BrN2O2/c16-11-3-1-2-10(8-11)14-9-18(15(20)17-14)12-4-6-13(19)7-5-12/h1-3,8,12,14H,4-7,9H2,(H,17,20). The van der Waals surface area contributed by atoms with Gasteiger partial charge in [0.2, 0.25) is 0 Å². The van der Waals surface area contributed by atoms with Gasteiger partial charge in [0.25, 0.3) is 0 Å². The molecule has 0 spiro atoms. The Morgan fingerprint density at radius 3 is 2.65 bits per heavy atom. The Morgan fingerprint density at radius 2 is 1.95 bits per heavy atom. The zero-order chi connectivity index (χ0) is 14.1. The van der Waals surface area contributed by atoms with E-state index in [-0.39, 0.29) is 18.1 Å². The van der Waals surface area contributed by atoms with Gasteiger partial charge in [0, 0.05) is 29.9 Å². The highest BCUT2D eigenvalue weighted by Crippen LogP contribution is 2.28. The minimum absolute atomic E-state index is 0.00526. The van der Waals surface area contributed by atoms with Crippen molar-refractivity contribution in [2.75, 3.05) is 6.54 Å². The summed E-state index contributed by atoms with van der Waals surface area (Å²) < 4.78 is 1.02. The van der Waals surface area contributed by atoms with Crippen LogP contribution in [0.3, 0.4) is 0 Å². The van der Waals surface area contributed by atoms with Crippen LogP contribution >= 0.6 is 15.9 Å². The third-order valence-electron chi connectivity index (χ3n) is 4.14. The number of benzene rings is 1. The fourth-order valence-electron chi connectivity index (χ4n) is 3.02. The fourth-order valence-corrected chi connectivity index (χ4v) is 3.44. The Hall–Kier alpha value is -1.36. The smallest absolute Gasteiger partial charge is 0.318 e. The maximum absolute atomic E-state index is 12.1. The number of carbonyl (C=O) groups is 2. The van der Waals surface area contributed by atoms with E-state index in [4.69, 9.17) is 0 Å². The molecule has 1 heterocycles. The number of urea groups is 1. The number of hydrogen-bond acceptors (Lipinski definition) is 2. The Kier molecular flexibility index (Phi) is 3.78. The molecule has 1 atom stereocenters. The van der Waals surface area contributed by atoms with Crippen LogP contribution in [0.25, 0.3) is 0 Å². The molecule has 0 radical (unpaired) electrons. The molecule has 1 aliphatic heterocycles. The Bertz CT molecular complexity index is 536. The van der Waals surface area contributed by atoms with E-state index in [9.17, 15) is 9.59 Å². The number of carbonyl (C=O) groups excluding carboxylic acids is 2. The topological polar surface area (TPSA) is 49.4 Å². The number of amides is 2. The van der Waals surface area contributed by atoms with Gasteiger partial charge in [-0.3, -0.25) is 4.79 Å². The van der Waals surface area contributed by atoms with E-state index >= 15 is 0 Å². The molecule has 1 aromatic carbocycles. The number of halogens is 1. The lowest BCUT2D eigenvalue weighted by Crippen LogP contribution is -2.40. The molecule has 4 nitrogen and oxygen atoms in total. The molecular formula is C15H17BrN2O2. The third kappa shape index (κ3) is 2.73. The second kappa shape index (κ2) is 5.56. The van der Waals surface area contributed by atoms with Crippen LogP contribution in [0.2, 0.25) is 0 Å². The van der Waals surface area contributed by atoms with Crippen molar-refractivity contribution >= 4 is 27.7 Å². The Balaban J connectivity index is 1.70. The van der Waals surface area contributed by atoms with Crippen LogP contribution in [0.15, 0.2) is 28.7 Å². The van der Waals surface area contributed by atoms with Crippen molar-refractivity contribution in [3.05, 3.63) is 34.3 Å². The quantitative estimate of drug-likeness (QED) is 0.902. The zero-order valence-electron chi connectivity index (χ0n) is 11.1. The zero-order valence-corrected chi connectivity index (χ0v) is 12.7. The number of nitrogens with zero attached hydrogens (tertiary/aromatic N) is 1. The van der Waals surface area contributed by atoms with E-state index < -0.39 is 0 Å². The van der Waals surface area contributed by atoms with Gasteiger partial charge in [-0.2, -0.15) is 0 Å². The minimum Gasteiger partial charge on any atom is -0.329 e. The van der Waals surface area contributed by atoms with E-state index in [0.717, 1.165) is 22.9 Å². The maximum Gasteiger partial charge on any atom is 0.318 e. The summed E-state index contributed by atoms with van der Waals surface area (Å²) in [6.45, 7) is 0.689. The second-order valence-electron chi connectivity index (χ2n) is 5.48. The van der Waals surface area contributed by atoms with Crippen molar-refractivity contribution in [3.8, 4) is 0 Å². The first-order valence-corrected chi connectivity index (χ1v) is 7.77. The van der Waals surface area contributed by atoms with E-state index in [0.29, 0.717) is 25.2 Å². The van der Waals surface area contributed by atoms with Crippen molar-refractivity contribution in [3.63, 3.8) is 0 Å². The minimum atomic E-state index is -0.00526. The molecule has 3 rings (SSSR count). The van der Waals surface area contributed by atoms with Gasteiger partial charge < -0.3 is 10.2 Å². The molecule has 20 heavy (non-hydrogen) atoms. The van der Waals surface area contributed by atoms with Crippen LogP contribution in [0, 0.1) is 0 Å². The number of Topliss-reactive ketones (excluding diaryl/α,β-unsaturated/α-hetero) is 1. The molecular weight excluding hydrogens is 320 g/mol. The van der Waals surface area contributed by atoms with Crippen LogP contribution < -0.4 is 5.32 Å². The molecule has 1 saturated carbocycles. The van der Waals surface area contributed by atoms with Crippen molar-refractivity contribution in [2.45, 2.75) is 37.8 Å². The number of ketones is 1. The van der Waals surface area contributed by atoms with Gasteiger partial charge in [-0.25, -0.2) is 4.79 Å². The van der Waals surface area contributed by atoms with Crippen LogP contribution in [0.5, 0.6) is 0 Å². The lowest BCUT2D eigenvalue weighted by atomic mass is 9.93. The summed E-state index contributed by atoms with van der Waals surface area (Å²) in [6.07, 6.45) is 2.82. The molecule has 1 aliphatic carbocycles. The van der Waals surface area contributed by atoms with Gasteiger partial charge in [0.1, 0.15) is 5.78 Å². The first kappa shape index (κ1) is 13.6. The molecule has 1 unspecified atom stereocenters. The predicted octanol–water partition coefficient (Wildman–Crippen LogP) is 3.03. The van der Waals surface area contributed by atoms with E-state index in [1.54, 1.807) is 0 Å². The molecule has 0 bridgehead atoms. The normalized spacial score (nSPS) is 24.1. The van der Waals surface area contributed by atoms with Crippen molar-refractivity contribution in [2.24, 2.45) is 0 Å². The van der Waals surface area contributed by atoms with Crippen LogP contribution in [-0.4, -0.2) is 29.3 Å². The summed E-state index contributed by atoms with van der Waals surface area (Å²) in [5, 5.41) is 3.04. The Labute approximate surface area is 126 Å². The summed E-state index contributed by atoms with van der Waals surface area (Å²) >= 11 is 3.46. The molecule has 1 saturated heterocycles. The first-order valence-electron chi connectivity index (χ1n) is 6.98. The average Bonchev–Trinajstić information content (AvgIpc) is 2.82. The van der Waals surface area contributed by atoms with E-state index in [1.165, 1.54) is 0 Å². The summed E-state index contributed by atoms with van der Waals surface area (Å²) in [4.78, 5) is 25.3. The first-order chi connectivity index (χ1) is 9.63. The number of rotatable bonds is 2. The molecule has 1 N–H and O–H groups in total. The van der Waals surface area contributed by atoms with Gasteiger partial charge in [-0.15, -0.1) is 0 Å². The van der Waals surface area contributed by atoms with Gasteiger partial charge >= 0.3 is 6.03 Å². The maximum atomic E-state index is 12.1. The van der Waals surface area contributed by atoms with E-state index in [2.05, 4.69) is 21.2 Å². The highest BCUT2D eigenvalue weighted by Gasteiger charge is 2.35. The monoisotopic (exact) mass is 336 g/mol. The van der Waals surface area contributed by atoms with Crippen molar-refractivity contribution in [1.82, 2.24) is 10.2 Å². The largest absolute Gasteiger partial charge is 0.329 e. The summed E-state index contributed by atoms with van der Waals surface area (Å²) in [5.74, 6) is 0.324. The van der Waals surface area contributed by atoms with E-state index in [1.807, 2.05) is 29.2 Å². The molecule has 2 amide bonds. The molecule has 2 fully saturated rings. The summed E-state index contributed by atoms with van der Waals surface area (Å²) in [5.41, 5.74) is 1.11. The molecule has 0 aromatic heterocycles. The number of nitrogens with one attached hydrogen (secondary N) is 1.